The number of hydrogen-bond acceptors (Lipinski definition) is 10. The number of rotatable bonds is 10. The number of esters is 2. The van der Waals surface area contributed by atoms with Gasteiger partial charge < -0.3 is 18.3 Å². The number of aromatic nitrogens is 2. The third-order valence-electron chi connectivity index (χ3n) is 12.1. The molecule has 6 unspecified atom stereocenters. The number of benzene rings is 2. The number of hydrogen-bond donors (Lipinski definition) is 0. The highest BCUT2D eigenvalue weighted by Gasteiger charge is 2.54. The summed E-state index contributed by atoms with van der Waals surface area (Å²) >= 11 is 0. The molecule has 0 radical (unpaired) electrons. The second-order valence-electron chi connectivity index (χ2n) is 15.7. The summed E-state index contributed by atoms with van der Waals surface area (Å²) < 4.78 is 104. The quantitative estimate of drug-likeness (QED) is 0.0872. The first-order valence-electron chi connectivity index (χ1n) is 19.5. The molecule has 2 fully saturated rings. The number of carbonyl (C=O) groups is 2. The van der Waals surface area contributed by atoms with E-state index in [0.29, 0.717) is 49.7 Å². The van der Waals surface area contributed by atoms with Gasteiger partial charge in [0.25, 0.3) is 0 Å². The molecule has 0 spiro atoms. The van der Waals surface area contributed by atoms with Crippen molar-refractivity contribution in [1.29, 1.82) is 0 Å². The Morgan fingerprint density at radius 3 is 1.50 bits per heavy atom. The zero-order chi connectivity index (χ0) is 41.4. The summed E-state index contributed by atoms with van der Waals surface area (Å²) in [5.74, 6) is -1.32. The highest BCUT2D eigenvalue weighted by molar-refractivity contribution is 5.92. The lowest BCUT2D eigenvalue weighted by atomic mass is 9.96. The van der Waals surface area contributed by atoms with Gasteiger partial charge in [-0.2, -0.15) is 26.3 Å². The van der Waals surface area contributed by atoms with E-state index in [1.807, 2.05) is 27.7 Å². The van der Waals surface area contributed by atoms with E-state index in [2.05, 4.69) is 19.8 Å². The Labute approximate surface area is 329 Å². The Balaban J connectivity index is 1.05. The van der Waals surface area contributed by atoms with Crippen molar-refractivity contribution in [3.8, 4) is 0 Å². The van der Waals surface area contributed by atoms with E-state index >= 15 is 0 Å². The van der Waals surface area contributed by atoms with E-state index < -0.39 is 46.9 Å². The van der Waals surface area contributed by atoms with Crippen molar-refractivity contribution in [2.45, 2.75) is 127 Å². The van der Waals surface area contributed by atoms with Crippen LogP contribution in [0.4, 0.5) is 26.3 Å². The summed E-state index contributed by atoms with van der Waals surface area (Å²) in [6, 6.07) is 6.09. The molecule has 4 aromatic rings. The lowest BCUT2D eigenvalue weighted by molar-refractivity contribution is -0.172. The zero-order valence-electron chi connectivity index (χ0n) is 32.2. The van der Waals surface area contributed by atoms with Crippen LogP contribution in [0, 0.1) is 0 Å². The second-order valence-corrected chi connectivity index (χ2v) is 15.7. The summed E-state index contributed by atoms with van der Waals surface area (Å²) in [6.07, 6.45) is 1.09. The molecule has 4 aliphatic rings. The number of nitrogens with zero attached hydrogens (tertiary/aromatic N) is 4. The highest BCUT2D eigenvalue weighted by Crippen LogP contribution is 2.50. The third kappa shape index (κ3) is 7.11. The van der Waals surface area contributed by atoms with Crippen molar-refractivity contribution in [3.63, 3.8) is 0 Å². The van der Waals surface area contributed by atoms with Crippen LogP contribution in [0.3, 0.4) is 0 Å². The SMILES string of the molecule is CCC(C)N1C2CCC1(OC(=O)/C=C\C(=O)OC13C=C(c4nc5ccc(C(F)(F)F)cc5o4)CC(CC1)N3C(C)CC)C=C(c1nc3ccc(C(F)(F)F)cc3o1)C2. The third-order valence-corrected chi connectivity index (χ3v) is 12.1. The van der Waals surface area contributed by atoms with Gasteiger partial charge in [-0.1, -0.05) is 13.8 Å². The Hall–Kier alpha value is -4.96. The first-order chi connectivity index (χ1) is 27.4. The molecule has 0 amide bonds. The van der Waals surface area contributed by atoms with Crippen LogP contribution in [-0.2, 0) is 31.4 Å². The van der Waals surface area contributed by atoms with Crippen molar-refractivity contribution in [1.82, 2.24) is 19.8 Å². The fourth-order valence-corrected chi connectivity index (χ4v) is 9.22. The monoisotopic (exact) mass is 812 g/mol. The van der Waals surface area contributed by atoms with E-state index in [1.54, 1.807) is 12.2 Å². The molecule has 2 aromatic heterocycles. The Bertz CT molecular complexity index is 2200. The van der Waals surface area contributed by atoms with Crippen LogP contribution in [0.25, 0.3) is 33.3 Å². The lowest BCUT2D eigenvalue weighted by Crippen LogP contribution is -2.55. The first kappa shape index (κ1) is 39.8. The smallest absolute Gasteiger partial charge is 0.416 e. The molecule has 58 heavy (non-hydrogen) atoms. The van der Waals surface area contributed by atoms with Crippen molar-refractivity contribution < 1.29 is 54.2 Å². The fourth-order valence-electron chi connectivity index (χ4n) is 9.22. The van der Waals surface area contributed by atoms with E-state index in [-0.39, 0.29) is 58.1 Å². The van der Waals surface area contributed by atoms with Gasteiger partial charge in [-0.25, -0.2) is 19.6 Å². The molecule has 10 nitrogen and oxygen atoms in total. The predicted molar refractivity (Wildman–Crippen MR) is 199 cm³/mol. The molecule has 16 heteroatoms. The lowest BCUT2D eigenvalue weighted by Gasteiger charge is -2.45. The van der Waals surface area contributed by atoms with E-state index in [9.17, 15) is 35.9 Å². The van der Waals surface area contributed by atoms with E-state index in [4.69, 9.17) is 18.3 Å². The number of ether oxygens (including phenoxy) is 2. The Morgan fingerprint density at radius 2 is 1.14 bits per heavy atom. The molecule has 2 saturated heterocycles. The minimum atomic E-state index is -4.55. The fraction of sp³-hybridized carbons (Fsp3) is 0.476. The van der Waals surface area contributed by atoms with Crippen LogP contribution in [0.15, 0.2) is 69.5 Å². The number of fused-ring (bicyclic) bond motifs is 6. The van der Waals surface area contributed by atoms with Gasteiger partial charge >= 0.3 is 24.3 Å². The van der Waals surface area contributed by atoms with Gasteiger partial charge in [0, 0.05) is 60.3 Å². The zero-order valence-corrected chi connectivity index (χ0v) is 32.2. The maximum absolute atomic E-state index is 13.6. The number of alkyl halides is 6. The summed E-state index contributed by atoms with van der Waals surface area (Å²) in [5.41, 5.74) is -2.47. The molecule has 0 saturated carbocycles. The molecule has 0 N–H and O–H groups in total. The van der Waals surface area contributed by atoms with Gasteiger partial charge in [0.05, 0.1) is 11.1 Å². The number of carbonyl (C=O) groups excluding carboxylic acids is 2. The summed E-state index contributed by atoms with van der Waals surface area (Å²) in [5, 5.41) is 0. The largest absolute Gasteiger partial charge is 0.437 e. The number of oxazole rings is 2. The standard InChI is InChI=1S/C42H42F6N4O6/c1-5-23(3)51-29-13-15-39(51,21-25(17-29)37-49-31-9-7-27(41(43,44)45)19-33(31)55-37)57-35(53)11-12-36(54)58-40-16-14-30(52(40)24(4)6-2)18-26(22-40)38-50-32-10-8-28(42(46,47)48)20-34(32)56-38/h7-12,19-24,29-30H,5-6,13-18H2,1-4H3/b12-11-. The topological polar surface area (TPSA) is 111 Å². The molecular weight excluding hydrogens is 770 g/mol. The Kier molecular flexibility index (Phi) is 9.89. The molecule has 308 valence electrons. The Morgan fingerprint density at radius 1 is 0.741 bits per heavy atom. The summed E-state index contributed by atoms with van der Waals surface area (Å²) in [4.78, 5) is 40.4. The van der Waals surface area contributed by atoms with Gasteiger partial charge in [-0.05, 0) is 101 Å². The average molecular weight is 813 g/mol. The van der Waals surface area contributed by atoms with E-state index in [1.165, 1.54) is 12.1 Å². The maximum atomic E-state index is 13.6. The molecule has 6 atom stereocenters. The highest BCUT2D eigenvalue weighted by atomic mass is 19.4. The van der Waals surface area contributed by atoms with Gasteiger partial charge in [-0.3, -0.25) is 9.80 Å². The first-order valence-corrected chi connectivity index (χ1v) is 19.5. The summed E-state index contributed by atoms with van der Waals surface area (Å²) in [6.45, 7) is 8.08. The van der Waals surface area contributed by atoms with Crippen LogP contribution >= 0.6 is 0 Å². The summed E-state index contributed by atoms with van der Waals surface area (Å²) in [7, 11) is 0. The molecule has 8 rings (SSSR count). The van der Waals surface area contributed by atoms with Crippen molar-refractivity contribution in [2.75, 3.05) is 0 Å². The minimum Gasteiger partial charge on any atom is -0.437 e. The van der Waals surface area contributed by atoms with Crippen LogP contribution < -0.4 is 0 Å². The molecule has 6 heterocycles. The minimum absolute atomic E-state index is 0.00816. The van der Waals surface area contributed by atoms with Crippen LogP contribution in [0.5, 0.6) is 0 Å². The van der Waals surface area contributed by atoms with Crippen molar-refractivity contribution in [3.05, 3.63) is 83.6 Å². The van der Waals surface area contributed by atoms with Gasteiger partial charge in [-0.15, -0.1) is 0 Å². The van der Waals surface area contributed by atoms with Crippen LogP contribution in [0.1, 0.15) is 102 Å². The molecule has 4 aliphatic heterocycles. The van der Waals surface area contributed by atoms with E-state index in [0.717, 1.165) is 49.3 Å². The normalized spacial score (nSPS) is 26.3. The van der Waals surface area contributed by atoms with Crippen LogP contribution in [-0.4, -0.2) is 67.3 Å². The van der Waals surface area contributed by atoms with Crippen molar-refractivity contribution in [2.24, 2.45) is 0 Å². The van der Waals surface area contributed by atoms with Gasteiger partial charge in [0.2, 0.25) is 11.8 Å². The number of halogens is 6. The van der Waals surface area contributed by atoms with Crippen LogP contribution in [0.2, 0.25) is 0 Å². The van der Waals surface area contributed by atoms with Gasteiger partial charge in [0.15, 0.2) is 22.6 Å². The average Bonchev–Trinajstić information content (AvgIpc) is 3.91. The maximum Gasteiger partial charge on any atom is 0.416 e. The molecular formula is C42H42F6N4O6. The molecule has 4 bridgehead atoms. The van der Waals surface area contributed by atoms with Crippen molar-refractivity contribution >= 4 is 45.3 Å². The van der Waals surface area contributed by atoms with Gasteiger partial charge in [0.1, 0.15) is 11.0 Å². The predicted octanol–water partition coefficient (Wildman–Crippen LogP) is 9.84. The molecule has 2 aromatic carbocycles. The molecule has 0 aliphatic carbocycles. The second kappa shape index (κ2) is 14.4.